The van der Waals surface area contributed by atoms with Gasteiger partial charge in [0.2, 0.25) is 11.8 Å². The maximum Gasteiger partial charge on any atom is 0.248 e. The van der Waals surface area contributed by atoms with Crippen LogP contribution in [0.2, 0.25) is 0 Å². The normalized spacial score (nSPS) is 9.84. The minimum Gasteiger partial charge on any atom is -0.328 e. The predicted molar refractivity (Wildman–Crippen MR) is 75.1 cm³/mol. The van der Waals surface area contributed by atoms with Gasteiger partial charge in [0.15, 0.2) is 0 Å². The van der Waals surface area contributed by atoms with E-state index in [1.807, 2.05) is 30.3 Å². The molecule has 0 spiro atoms. The molecule has 0 bridgehead atoms. The molecule has 0 aliphatic carbocycles. The molecule has 4 nitrogen and oxygen atoms in total. The van der Waals surface area contributed by atoms with Crippen molar-refractivity contribution < 1.29 is 9.59 Å². The minimum atomic E-state index is -0.602. The molecule has 19 heavy (non-hydrogen) atoms. The molecule has 0 radical (unpaired) electrons. The van der Waals surface area contributed by atoms with Gasteiger partial charge in [-0.15, -0.1) is 0 Å². The van der Waals surface area contributed by atoms with E-state index in [0.29, 0.717) is 11.1 Å². The molecular weight excluding hydrogens is 240 g/mol. The van der Waals surface area contributed by atoms with Gasteiger partial charge < -0.3 is 10.6 Å². The fourth-order valence-electron chi connectivity index (χ4n) is 1.36. The molecule has 1 aromatic rings. The average molecular weight is 258 g/mol. The second-order valence-corrected chi connectivity index (χ2v) is 4.35. The summed E-state index contributed by atoms with van der Waals surface area (Å²) in [7, 11) is 0. The monoisotopic (exact) mass is 258 g/mol. The predicted octanol–water partition coefficient (Wildman–Crippen LogP) is 2.07. The number of nitrogens with one attached hydrogen (secondary N) is 2. The van der Waals surface area contributed by atoms with E-state index < -0.39 is 6.17 Å². The van der Waals surface area contributed by atoms with Crippen LogP contribution < -0.4 is 10.6 Å². The molecule has 0 aromatic heterocycles. The lowest BCUT2D eigenvalue weighted by molar-refractivity contribution is -0.120. The van der Waals surface area contributed by atoms with E-state index in [1.54, 1.807) is 13.8 Å². The summed E-state index contributed by atoms with van der Waals surface area (Å²) in [5.74, 6) is -0.619. The van der Waals surface area contributed by atoms with Crippen LogP contribution in [-0.2, 0) is 9.59 Å². The number of rotatable bonds is 5. The molecule has 1 aromatic carbocycles. The lowest BCUT2D eigenvalue weighted by Gasteiger charge is -2.20. The van der Waals surface area contributed by atoms with Crippen molar-refractivity contribution in [2.75, 3.05) is 0 Å². The van der Waals surface area contributed by atoms with E-state index in [-0.39, 0.29) is 11.8 Å². The number of carbonyl (C=O) groups is 2. The Morgan fingerprint density at radius 3 is 1.74 bits per heavy atom. The van der Waals surface area contributed by atoms with Gasteiger partial charge in [0.1, 0.15) is 6.17 Å². The van der Waals surface area contributed by atoms with E-state index in [4.69, 9.17) is 0 Å². The highest BCUT2D eigenvalue weighted by atomic mass is 16.2. The smallest absolute Gasteiger partial charge is 0.248 e. The van der Waals surface area contributed by atoms with Crippen molar-refractivity contribution in [3.8, 4) is 0 Å². The fourth-order valence-corrected chi connectivity index (χ4v) is 1.36. The van der Waals surface area contributed by atoms with Crippen LogP contribution in [-0.4, -0.2) is 11.8 Å². The fraction of sp³-hybridized carbons (Fsp3) is 0.200. The van der Waals surface area contributed by atoms with Crippen molar-refractivity contribution >= 4 is 11.8 Å². The Morgan fingerprint density at radius 2 is 1.37 bits per heavy atom. The summed E-state index contributed by atoms with van der Waals surface area (Å²) in [6.07, 6.45) is -0.602. The molecule has 0 heterocycles. The van der Waals surface area contributed by atoms with Crippen molar-refractivity contribution in [3.63, 3.8) is 0 Å². The second-order valence-electron chi connectivity index (χ2n) is 4.35. The summed E-state index contributed by atoms with van der Waals surface area (Å²) in [5, 5.41) is 5.41. The van der Waals surface area contributed by atoms with Crippen LogP contribution in [0.15, 0.2) is 54.6 Å². The molecule has 0 unspecified atom stereocenters. The Labute approximate surface area is 113 Å². The zero-order valence-corrected chi connectivity index (χ0v) is 11.2. The van der Waals surface area contributed by atoms with Gasteiger partial charge in [-0.3, -0.25) is 9.59 Å². The third kappa shape index (κ3) is 4.43. The van der Waals surface area contributed by atoms with Gasteiger partial charge in [-0.2, -0.15) is 0 Å². The van der Waals surface area contributed by atoms with Gasteiger partial charge >= 0.3 is 0 Å². The van der Waals surface area contributed by atoms with Crippen molar-refractivity contribution in [2.45, 2.75) is 20.0 Å². The van der Waals surface area contributed by atoms with Gasteiger partial charge in [-0.05, 0) is 19.4 Å². The average Bonchev–Trinajstić information content (AvgIpc) is 2.38. The highest BCUT2D eigenvalue weighted by molar-refractivity contribution is 5.94. The van der Waals surface area contributed by atoms with Crippen LogP contribution >= 0.6 is 0 Å². The van der Waals surface area contributed by atoms with Crippen LogP contribution in [0.4, 0.5) is 0 Å². The molecule has 2 N–H and O–H groups in total. The quantitative estimate of drug-likeness (QED) is 0.627. The maximum absolute atomic E-state index is 11.7. The first-order valence-electron chi connectivity index (χ1n) is 5.89. The molecule has 0 atom stereocenters. The zero-order chi connectivity index (χ0) is 14.4. The highest BCUT2D eigenvalue weighted by Crippen LogP contribution is 2.11. The summed E-state index contributed by atoms with van der Waals surface area (Å²) < 4.78 is 0. The van der Waals surface area contributed by atoms with Crippen molar-refractivity contribution in [2.24, 2.45) is 0 Å². The minimum absolute atomic E-state index is 0.309. The SMILES string of the molecule is C=C(C)C(=O)NC(NC(=O)C(=C)C)c1ccccc1. The Hall–Kier alpha value is -2.36. The molecule has 0 aliphatic heterocycles. The molecule has 0 fully saturated rings. The number of hydrogen-bond donors (Lipinski definition) is 2. The Bertz CT molecular complexity index is 478. The number of amides is 2. The summed E-state index contributed by atoms with van der Waals surface area (Å²) in [5.41, 5.74) is 1.54. The van der Waals surface area contributed by atoms with Crippen molar-refractivity contribution in [1.82, 2.24) is 10.6 Å². The standard InChI is InChI=1S/C15H18N2O2/c1-10(2)14(18)16-13(17-15(19)11(3)4)12-8-6-5-7-9-12/h5-9,13H,1,3H2,2,4H3,(H,16,18)(H,17,19). The third-order valence-electron chi connectivity index (χ3n) is 2.46. The topological polar surface area (TPSA) is 58.2 Å². The van der Waals surface area contributed by atoms with Gasteiger partial charge in [0.25, 0.3) is 0 Å². The van der Waals surface area contributed by atoms with Crippen LogP contribution in [0.5, 0.6) is 0 Å². The summed E-state index contributed by atoms with van der Waals surface area (Å²) in [6.45, 7) is 10.4. The highest BCUT2D eigenvalue weighted by Gasteiger charge is 2.17. The van der Waals surface area contributed by atoms with E-state index in [2.05, 4.69) is 23.8 Å². The maximum atomic E-state index is 11.7. The van der Waals surface area contributed by atoms with E-state index >= 15 is 0 Å². The molecule has 1 rings (SSSR count). The van der Waals surface area contributed by atoms with E-state index in [9.17, 15) is 9.59 Å². The zero-order valence-electron chi connectivity index (χ0n) is 11.2. The van der Waals surface area contributed by atoms with Crippen molar-refractivity contribution in [3.05, 3.63) is 60.2 Å². The van der Waals surface area contributed by atoms with Gasteiger partial charge in [0.05, 0.1) is 0 Å². The molecule has 2 amide bonds. The summed E-state index contributed by atoms with van der Waals surface area (Å²) >= 11 is 0. The molecule has 4 heteroatoms. The molecule has 0 saturated heterocycles. The van der Waals surface area contributed by atoms with Gasteiger partial charge in [-0.1, -0.05) is 43.5 Å². The Balaban J connectivity index is 2.91. The molecular formula is C15H18N2O2. The first-order valence-corrected chi connectivity index (χ1v) is 5.89. The molecule has 0 aliphatic rings. The first-order chi connectivity index (χ1) is 8.91. The summed E-state index contributed by atoms with van der Waals surface area (Å²) in [6, 6.07) is 9.18. The van der Waals surface area contributed by atoms with E-state index in [0.717, 1.165) is 5.56 Å². The third-order valence-corrected chi connectivity index (χ3v) is 2.46. The van der Waals surface area contributed by atoms with Crippen LogP contribution in [0.25, 0.3) is 0 Å². The lowest BCUT2D eigenvalue weighted by Crippen LogP contribution is -2.41. The van der Waals surface area contributed by atoms with Crippen LogP contribution in [0.3, 0.4) is 0 Å². The second kappa shape index (κ2) is 6.54. The van der Waals surface area contributed by atoms with Crippen molar-refractivity contribution in [1.29, 1.82) is 0 Å². The largest absolute Gasteiger partial charge is 0.328 e. The molecule has 0 saturated carbocycles. The summed E-state index contributed by atoms with van der Waals surface area (Å²) in [4.78, 5) is 23.4. The van der Waals surface area contributed by atoms with Gasteiger partial charge in [-0.25, -0.2) is 0 Å². The lowest BCUT2D eigenvalue weighted by atomic mass is 10.1. The number of carbonyl (C=O) groups excluding carboxylic acids is 2. The first kappa shape index (κ1) is 14.7. The van der Waals surface area contributed by atoms with Gasteiger partial charge in [0, 0.05) is 11.1 Å². The Morgan fingerprint density at radius 1 is 0.947 bits per heavy atom. The molecule has 100 valence electrons. The number of hydrogen-bond acceptors (Lipinski definition) is 2. The van der Waals surface area contributed by atoms with Crippen LogP contribution in [0, 0.1) is 0 Å². The number of benzene rings is 1. The Kier molecular flexibility index (Phi) is 5.06. The van der Waals surface area contributed by atoms with Crippen LogP contribution in [0.1, 0.15) is 25.6 Å². The van der Waals surface area contributed by atoms with E-state index in [1.165, 1.54) is 0 Å².